The van der Waals surface area contributed by atoms with E-state index in [0.717, 1.165) is 17.5 Å². The van der Waals surface area contributed by atoms with E-state index in [9.17, 15) is 14.7 Å². The van der Waals surface area contributed by atoms with Crippen molar-refractivity contribution >= 4 is 11.8 Å². The molecule has 0 fully saturated rings. The number of nitrogens with one attached hydrogen (secondary N) is 2. The summed E-state index contributed by atoms with van der Waals surface area (Å²) in [7, 11) is 0. The van der Waals surface area contributed by atoms with E-state index < -0.39 is 5.92 Å². The number of aliphatic hydroxyl groups is 1. The van der Waals surface area contributed by atoms with Crippen LogP contribution in [0.25, 0.3) is 0 Å². The van der Waals surface area contributed by atoms with Crippen molar-refractivity contribution in [1.82, 2.24) is 10.6 Å². The van der Waals surface area contributed by atoms with Crippen molar-refractivity contribution in [3.05, 3.63) is 71.8 Å². The Morgan fingerprint density at radius 2 is 1.50 bits per heavy atom. The smallest absolute Gasteiger partial charge is 0.232 e. The highest BCUT2D eigenvalue weighted by Crippen LogP contribution is 2.24. The molecule has 5 heteroatoms. The van der Waals surface area contributed by atoms with Crippen molar-refractivity contribution in [3.8, 4) is 0 Å². The third-order valence-corrected chi connectivity index (χ3v) is 5.05. The van der Waals surface area contributed by atoms with Crippen LogP contribution in [0.3, 0.4) is 0 Å². The topological polar surface area (TPSA) is 78.4 Å². The molecule has 0 heterocycles. The summed E-state index contributed by atoms with van der Waals surface area (Å²) in [5.41, 5.74) is 1.82. The lowest BCUT2D eigenvalue weighted by atomic mass is 9.90. The molecule has 150 valence electrons. The van der Waals surface area contributed by atoms with Crippen molar-refractivity contribution in [1.29, 1.82) is 0 Å². The maximum atomic E-state index is 12.9. The Kier molecular flexibility index (Phi) is 8.69. The Morgan fingerprint density at radius 1 is 0.964 bits per heavy atom. The average Bonchev–Trinajstić information content (AvgIpc) is 2.73. The first kappa shape index (κ1) is 21.6. The van der Waals surface area contributed by atoms with Crippen molar-refractivity contribution in [3.63, 3.8) is 0 Å². The van der Waals surface area contributed by atoms with Gasteiger partial charge in [-0.3, -0.25) is 9.59 Å². The number of aliphatic hydroxyl groups excluding tert-OH is 1. The van der Waals surface area contributed by atoms with E-state index in [-0.39, 0.29) is 43.3 Å². The van der Waals surface area contributed by atoms with Gasteiger partial charge in [-0.05, 0) is 17.0 Å². The number of rotatable bonds is 10. The van der Waals surface area contributed by atoms with Gasteiger partial charge in [-0.1, -0.05) is 80.9 Å². The molecule has 2 aromatic carbocycles. The predicted octanol–water partition coefficient (Wildman–Crippen LogP) is 2.85. The van der Waals surface area contributed by atoms with Gasteiger partial charge in [-0.25, -0.2) is 0 Å². The second-order valence-corrected chi connectivity index (χ2v) is 7.04. The Labute approximate surface area is 167 Å². The zero-order valence-corrected chi connectivity index (χ0v) is 16.6. The summed E-state index contributed by atoms with van der Waals surface area (Å²) in [4.78, 5) is 25.0. The van der Waals surface area contributed by atoms with E-state index in [2.05, 4.69) is 10.6 Å². The van der Waals surface area contributed by atoms with Crippen molar-refractivity contribution in [2.24, 2.45) is 5.92 Å². The molecular formula is C23H30N2O3. The van der Waals surface area contributed by atoms with Gasteiger partial charge in [0.15, 0.2) is 0 Å². The molecule has 2 aromatic rings. The molecule has 0 bridgehead atoms. The van der Waals surface area contributed by atoms with Crippen molar-refractivity contribution in [2.75, 3.05) is 13.2 Å². The third-order valence-electron chi connectivity index (χ3n) is 5.05. The maximum Gasteiger partial charge on any atom is 0.232 e. The van der Waals surface area contributed by atoms with Gasteiger partial charge in [-0.15, -0.1) is 0 Å². The molecule has 0 aliphatic heterocycles. The third kappa shape index (κ3) is 6.20. The average molecular weight is 383 g/mol. The number of carbonyl (C=O) groups is 2. The van der Waals surface area contributed by atoms with Crippen LogP contribution in [-0.2, 0) is 9.59 Å². The molecule has 0 aliphatic rings. The molecule has 0 unspecified atom stereocenters. The van der Waals surface area contributed by atoms with Crippen LogP contribution in [0.4, 0.5) is 0 Å². The fourth-order valence-electron chi connectivity index (χ4n) is 3.12. The molecule has 2 atom stereocenters. The molecule has 2 rings (SSSR count). The van der Waals surface area contributed by atoms with E-state index in [4.69, 9.17) is 0 Å². The first-order valence-electron chi connectivity index (χ1n) is 9.84. The summed E-state index contributed by atoms with van der Waals surface area (Å²) in [6.07, 6.45) is 1.05. The van der Waals surface area contributed by atoms with Gasteiger partial charge in [0, 0.05) is 13.0 Å². The Bertz CT molecular complexity index is 695. The first-order valence-corrected chi connectivity index (χ1v) is 9.84. The zero-order chi connectivity index (χ0) is 20.4. The summed E-state index contributed by atoms with van der Waals surface area (Å²) in [5.74, 6) is -0.527. The minimum absolute atomic E-state index is 0.0861. The highest BCUT2D eigenvalue weighted by molar-refractivity contribution is 5.87. The maximum absolute atomic E-state index is 12.9. The predicted molar refractivity (Wildman–Crippen MR) is 111 cm³/mol. The van der Waals surface area contributed by atoms with Gasteiger partial charge >= 0.3 is 0 Å². The van der Waals surface area contributed by atoms with Crippen LogP contribution in [-0.4, -0.2) is 36.1 Å². The number of hydrogen-bond acceptors (Lipinski definition) is 3. The Morgan fingerprint density at radius 3 is 1.96 bits per heavy atom. The molecule has 28 heavy (non-hydrogen) atoms. The van der Waals surface area contributed by atoms with Crippen LogP contribution < -0.4 is 10.6 Å². The van der Waals surface area contributed by atoms with Gasteiger partial charge in [0.1, 0.15) is 0 Å². The number of amides is 2. The van der Waals surface area contributed by atoms with Crippen LogP contribution in [0, 0.1) is 5.92 Å². The molecule has 5 nitrogen and oxygen atoms in total. The standard InChI is InChI=1S/C23H30N2O3/c1-3-17(2)20(16-26)25-21(27)14-15-24-23(28)22(18-10-6-4-7-11-18)19-12-8-5-9-13-19/h4-13,17,20,22,26H,3,14-16H2,1-2H3,(H,24,28)(H,25,27)/t17-,20+/m0/s1. The second-order valence-electron chi connectivity index (χ2n) is 7.04. The van der Waals surface area contributed by atoms with E-state index >= 15 is 0 Å². The SMILES string of the molecule is CC[C@H](C)[C@@H](CO)NC(=O)CCNC(=O)C(c1ccccc1)c1ccccc1. The zero-order valence-electron chi connectivity index (χ0n) is 16.6. The van der Waals surface area contributed by atoms with Crippen LogP contribution in [0.15, 0.2) is 60.7 Å². The van der Waals surface area contributed by atoms with Gasteiger partial charge in [0.25, 0.3) is 0 Å². The highest BCUT2D eigenvalue weighted by atomic mass is 16.3. The lowest BCUT2D eigenvalue weighted by Crippen LogP contribution is -2.43. The van der Waals surface area contributed by atoms with Crippen molar-refractivity contribution < 1.29 is 14.7 Å². The van der Waals surface area contributed by atoms with E-state index in [1.807, 2.05) is 74.5 Å². The fraction of sp³-hybridized carbons (Fsp3) is 0.391. The van der Waals surface area contributed by atoms with E-state index in [1.165, 1.54) is 0 Å². The summed E-state index contributed by atoms with van der Waals surface area (Å²) >= 11 is 0. The quantitative estimate of drug-likeness (QED) is 0.591. The van der Waals surface area contributed by atoms with Gasteiger partial charge in [0.2, 0.25) is 11.8 Å². The Hall–Kier alpha value is -2.66. The van der Waals surface area contributed by atoms with Crippen LogP contribution in [0.1, 0.15) is 43.7 Å². The van der Waals surface area contributed by atoms with E-state index in [0.29, 0.717) is 0 Å². The molecule has 0 saturated carbocycles. The normalized spacial score (nSPS) is 13.0. The minimum atomic E-state index is -0.421. The second kappa shape index (κ2) is 11.2. The van der Waals surface area contributed by atoms with Crippen molar-refractivity contribution in [2.45, 2.75) is 38.6 Å². The first-order chi connectivity index (χ1) is 13.6. The number of carbonyl (C=O) groups excluding carboxylic acids is 2. The fourth-order valence-corrected chi connectivity index (χ4v) is 3.12. The molecule has 3 N–H and O–H groups in total. The molecule has 0 aromatic heterocycles. The summed E-state index contributed by atoms with van der Waals surface area (Å²) < 4.78 is 0. The molecule has 0 saturated heterocycles. The molecule has 2 amide bonds. The Balaban J connectivity index is 1.96. The van der Waals surface area contributed by atoms with Crippen LogP contribution >= 0.6 is 0 Å². The van der Waals surface area contributed by atoms with Gasteiger partial charge in [0.05, 0.1) is 18.6 Å². The summed E-state index contributed by atoms with van der Waals surface area (Å²) in [6, 6.07) is 19.0. The lowest BCUT2D eigenvalue weighted by molar-refractivity contribution is -0.123. The largest absolute Gasteiger partial charge is 0.394 e. The van der Waals surface area contributed by atoms with Crippen LogP contribution in [0.2, 0.25) is 0 Å². The lowest BCUT2D eigenvalue weighted by Gasteiger charge is -2.22. The van der Waals surface area contributed by atoms with Gasteiger partial charge in [-0.2, -0.15) is 0 Å². The molecule has 0 radical (unpaired) electrons. The number of hydrogen-bond donors (Lipinski definition) is 3. The highest BCUT2D eigenvalue weighted by Gasteiger charge is 2.22. The van der Waals surface area contributed by atoms with Crippen LogP contribution in [0.5, 0.6) is 0 Å². The van der Waals surface area contributed by atoms with E-state index in [1.54, 1.807) is 0 Å². The summed E-state index contributed by atoms with van der Waals surface area (Å²) in [6.45, 7) is 4.18. The molecule has 0 aliphatic carbocycles. The number of benzene rings is 2. The molecular weight excluding hydrogens is 352 g/mol. The molecule has 0 spiro atoms. The minimum Gasteiger partial charge on any atom is -0.394 e. The monoisotopic (exact) mass is 382 g/mol. The van der Waals surface area contributed by atoms with Gasteiger partial charge < -0.3 is 15.7 Å². The summed E-state index contributed by atoms with van der Waals surface area (Å²) in [5, 5.41) is 15.2.